The summed E-state index contributed by atoms with van der Waals surface area (Å²) >= 11 is 0. The van der Waals surface area contributed by atoms with Gasteiger partial charge in [0, 0.05) is 18.7 Å². The van der Waals surface area contributed by atoms with E-state index in [1.807, 2.05) is 6.92 Å². The molecule has 0 aliphatic heterocycles. The average molecular weight is 330 g/mol. The highest BCUT2D eigenvalue weighted by molar-refractivity contribution is 5.98. The van der Waals surface area contributed by atoms with Crippen LogP contribution in [0.2, 0.25) is 0 Å². The van der Waals surface area contributed by atoms with Crippen molar-refractivity contribution in [1.82, 2.24) is 0 Å². The van der Waals surface area contributed by atoms with Gasteiger partial charge in [-0.3, -0.25) is 9.59 Å². The summed E-state index contributed by atoms with van der Waals surface area (Å²) in [7, 11) is 1.50. The van der Waals surface area contributed by atoms with Gasteiger partial charge in [0.25, 0.3) is 0 Å². The zero-order valence-electron chi connectivity index (χ0n) is 13.4. The van der Waals surface area contributed by atoms with Gasteiger partial charge in [0.05, 0.1) is 18.3 Å². The summed E-state index contributed by atoms with van der Waals surface area (Å²) in [6.45, 7) is 5.10. The minimum absolute atomic E-state index is 0. The number of benzene rings is 1. The molecule has 1 aromatic rings. The van der Waals surface area contributed by atoms with Crippen LogP contribution in [0, 0.1) is 0 Å². The maximum atomic E-state index is 12.1. The lowest BCUT2D eigenvalue weighted by molar-refractivity contribution is -0.120. The lowest BCUT2D eigenvalue weighted by atomic mass is 9.96. The summed E-state index contributed by atoms with van der Waals surface area (Å²) in [5, 5.41) is 5.42. The Labute approximate surface area is 137 Å². The van der Waals surface area contributed by atoms with Gasteiger partial charge < -0.3 is 21.1 Å². The topological polar surface area (TPSA) is 93.5 Å². The van der Waals surface area contributed by atoms with Crippen LogP contribution in [0.4, 0.5) is 11.4 Å². The van der Waals surface area contributed by atoms with Crippen LogP contribution in [-0.4, -0.2) is 24.5 Å². The molecule has 0 fully saturated rings. The van der Waals surface area contributed by atoms with E-state index in [1.165, 1.54) is 14.0 Å². The Hall–Kier alpha value is -1.79. The van der Waals surface area contributed by atoms with Gasteiger partial charge >= 0.3 is 0 Å². The smallest absolute Gasteiger partial charge is 0.244 e. The second kappa shape index (κ2) is 8.60. The highest BCUT2D eigenvalue weighted by Gasteiger charge is 2.27. The molecule has 4 N–H and O–H groups in total. The molecule has 6 nitrogen and oxygen atoms in total. The van der Waals surface area contributed by atoms with Crippen LogP contribution in [-0.2, 0) is 9.59 Å². The lowest BCUT2D eigenvalue weighted by Gasteiger charge is -2.23. The maximum Gasteiger partial charge on any atom is 0.244 e. The van der Waals surface area contributed by atoms with Gasteiger partial charge in [-0.1, -0.05) is 13.3 Å². The molecule has 0 aromatic heterocycles. The number of nitrogens with two attached hydrogens (primary N) is 1. The molecular formula is C15H24ClN3O3. The van der Waals surface area contributed by atoms with Crippen molar-refractivity contribution in [3.63, 3.8) is 0 Å². The van der Waals surface area contributed by atoms with Crippen molar-refractivity contribution in [3.8, 4) is 5.75 Å². The van der Waals surface area contributed by atoms with Gasteiger partial charge in [0.15, 0.2) is 0 Å². The molecule has 124 valence electrons. The number of carbonyl (C=O) groups excluding carboxylic acids is 2. The Morgan fingerprint density at radius 2 is 1.95 bits per heavy atom. The molecule has 1 atom stereocenters. The Balaban J connectivity index is 0.00000441. The van der Waals surface area contributed by atoms with Crippen LogP contribution in [0.25, 0.3) is 0 Å². The second-order valence-corrected chi connectivity index (χ2v) is 5.22. The third-order valence-electron chi connectivity index (χ3n) is 3.06. The van der Waals surface area contributed by atoms with Gasteiger partial charge in [-0.15, -0.1) is 12.4 Å². The summed E-state index contributed by atoms with van der Waals surface area (Å²) in [6, 6.07) is 5.00. The average Bonchev–Trinajstić information content (AvgIpc) is 2.39. The van der Waals surface area contributed by atoms with E-state index >= 15 is 0 Å². The number of halogens is 1. The SMILES string of the molecule is CCCC(C)(N)C(=O)Nc1ccc(NC(C)=O)c(OC)c1.Cl. The summed E-state index contributed by atoms with van der Waals surface area (Å²) in [6.07, 6.45) is 1.42. The molecular weight excluding hydrogens is 306 g/mol. The number of hydrogen-bond donors (Lipinski definition) is 3. The van der Waals surface area contributed by atoms with Gasteiger partial charge in [-0.2, -0.15) is 0 Å². The van der Waals surface area contributed by atoms with E-state index in [2.05, 4.69) is 10.6 Å². The third kappa shape index (κ3) is 5.54. The zero-order chi connectivity index (χ0) is 16.0. The van der Waals surface area contributed by atoms with Gasteiger partial charge in [-0.05, 0) is 25.5 Å². The monoisotopic (exact) mass is 329 g/mol. The first kappa shape index (κ1) is 20.2. The molecule has 1 unspecified atom stereocenters. The molecule has 1 rings (SSSR count). The molecule has 0 saturated carbocycles. The Bertz CT molecular complexity index is 533. The van der Waals surface area contributed by atoms with Crippen molar-refractivity contribution in [1.29, 1.82) is 0 Å². The van der Waals surface area contributed by atoms with Crippen LogP contribution in [0.15, 0.2) is 18.2 Å². The number of hydrogen-bond acceptors (Lipinski definition) is 4. The summed E-state index contributed by atoms with van der Waals surface area (Å²) in [4.78, 5) is 23.2. The Morgan fingerprint density at radius 3 is 2.45 bits per heavy atom. The summed E-state index contributed by atoms with van der Waals surface area (Å²) < 4.78 is 5.20. The van der Waals surface area contributed by atoms with Crippen LogP contribution in [0.1, 0.15) is 33.6 Å². The Morgan fingerprint density at radius 1 is 1.32 bits per heavy atom. The van der Waals surface area contributed by atoms with Crippen LogP contribution >= 0.6 is 12.4 Å². The van der Waals surface area contributed by atoms with Crippen LogP contribution in [0.3, 0.4) is 0 Å². The molecule has 1 aromatic carbocycles. The molecule has 0 heterocycles. The largest absolute Gasteiger partial charge is 0.494 e. The van der Waals surface area contributed by atoms with Crippen molar-refractivity contribution in [2.45, 2.75) is 39.2 Å². The van der Waals surface area contributed by atoms with Crippen LogP contribution < -0.4 is 21.1 Å². The van der Waals surface area contributed by atoms with Crippen molar-refractivity contribution in [2.24, 2.45) is 5.73 Å². The van der Waals surface area contributed by atoms with Crippen molar-refractivity contribution in [2.75, 3.05) is 17.7 Å². The van der Waals surface area contributed by atoms with Gasteiger partial charge in [-0.25, -0.2) is 0 Å². The van der Waals surface area contributed by atoms with E-state index in [0.29, 0.717) is 23.5 Å². The fourth-order valence-electron chi connectivity index (χ4n) is 1.97. The predicted octanol–water partition coefficient (Wildman–Crippen LogP) is 2.53. The first-order valence-electron chi connectivity index (χ1n) is 6.86. The predicted molar refractivity (Wildman–Crippen MR) is 90.7 cm³/mol. The molecule has 0 radical (unpaired) electrons. The van der Waals surface area contributed by atoms with Crippen molar-refractivity contribution < 1.29 is 14.3 Å². The van der Waals surface area contributed by atoms with Crippen molar-refractivity contribution >= 4 is 35.6 Å². The van der Waals surface area contributed by atoms with Crippen LogP contribution in [0.5, 0.6) is 5.75 Å². The number of methoxy groups -OCH3 is 1. The highest BCUT2D eigenvalue weighted by Crippen LogP contribution is 2.28. The minimum Gasteiger partial charge on any atom is -0.494 e. The summed E-state index contributed by atoms with van der Waals surface area (Å²) in [5.74, 6) is 0.0264. The van der Waals surface area contributed by atoms with E-state index in [4.69, 9.17) is 10.5 Å². The van der Waals surface area contributed by atoms with E-state index in [-0.39, 0.29) is 24.2 Å². The molecule has 0 bridgehead atoms. The van der Waals surface area contributed by atoms with Crippen molar-refractivity contribution in [3.05, 3.63) is 18.2 Å². The Kier molecular flexibility index (Phi) is 7.90. The van der Waals surface area contributed by atoms with E-state index in [9.17, 15) is 9.59 Å². The van der Waals surface area contributed by atoms with Gasteiger partial charge in [0.1, 0.15) is 5.75 Å². The molecule has 0 aliphatic rings. The first-order chi connectivity index (χ1) is 9.80. The molecule has 7 heteroatoms. The van der Waals surface area contributed by atoms with Gasteiger partial charge in [0.2, 0.25) is 11.8 Å². The normalized spacial score (nSPS) is 12.6. The molecule has 22 heavy (non-hydrogen) atoms. The molecule has 2 amide bonds. The number of nitrogens with one attached hydrogen (secondary N) is 2. The fourth-order valence-corrected chi connectivity index (χ4v) is 1.97. The standard InChI is InChI=1S/C15H23N3O3.ClH/c1-5-8-15(3,16)14(20)18-11-6-7-12(17-10(2)19)13(9-11)21-4;/h6-7,9H,5,8,16H2,1-4H3,(H,17,19)(H,18,20);1H. The van der Waals surface area contributed by atoms with E-state index < -0.39 is 5.54 Å². The maximum absolute atomic E-state index is 12.1. The molecule has 0 spiro atoms. The zero-order valence-corrected chi connectivity index (χ0v) is 14.2. The number of rotatable bonds is 6. The third-order valence-corrected chi connectivity index (χ3v) is 3.06. The number of carbonyl (C=O) groups is 2. The second-order valence-electron chi connectivity index (χ2n) is 5.22. The fraction of sp³-hybridized carbons (Fsp3) is 0.467. The highest BCUT2D eigenvalue weighted by atomic mass is 35.5. The van der Waals surface area contributed by atoms with E-state index in [1.54, 1.807) is 25.1 Å². The number of anilines is 2. The minimum atomic E-state index is -0.918. The summed E-state index contributed by atoms with van der Waals surface area (Å²) in [5.41, 5.74) is 6.18. The lowest BCUT2D eigenvalue weighted by Crippen LogP contribution is -2.48. The quantitative estimate of drug-likeness (QED) is 0.747. The number of ether oxygens (including phenoxy) is 1. The molecule has 0 saturated heterocycles. The number of amides is 2. The molecule has 0 aliphatic carbocycles. The van der Waals surface area contributed by atoms with E-state index in [0.717, 1.165) is 6.42 Å². The first-order valence-corrected chi connectivity index (χ1v) is 6.86.